The minimum absolute atomic E-state index is 0.181. The Morgan fingerprint density at radius 3 is 2.80 bits per heavy atom. The normalized spacial score (nSPS) is 18.5. The smallest absolute Gasteiger partial charge is 0.214 e. The van der Waals surface area contributed by atoms with Crippen LogP contribution in [0.3, 0.4) is 0 Å². The fourth-order valence-electron chi connectivity index (χ4n) is 2.34. The predicted octanol–water partition coefficient (Wildman–Crippen LogP) is 2.64. The summed E-state index contributed by atoms with van der Waals surface area (Å²) in [7, 11) is 0. The molecule has 0 spiro atoms. The topological polar surface area (TPSA) is 20.3 Å². The molecule has 0 N–H and O–H groups in total. The molecule has 80 valence electrons. The molecule has 2 nitrogen and oxygen atoms in total. The molecular formula is C13H17NO. The van der Waals surface area contributed by atoms with Gasteiger partial charge in [-0.2, -0.15) is 0 Å². The van der Waals surface area contributed by atoms with Crippen LogP contribution in [0, 0.1) is 6.92 Å². The van der Waals surface area contributed by atoms with E-state index in [1.54, 1.807) is 0 Å². The van der Waals surface area contributed by atoms with Crippen LogP contribution in [0.2, 0.25) is 0 Å². The Kier molecular flexibility index (Phi) is 2.29. The van der Waals surface area contributed by atoms with Crippen LogP contribution >= 0.6 is 0 Å². The lowest BCUT2D eigenvalue weighted by Crippen LogP contribution is -2.36. The van der Waals surface area contributed by atoms with Gasteiger partial charge in [0.2, 0.25) is 6.41 Å². The van der Waals surface area contributed by atoms with E-state index < -0.39 is 0 Å². The molecule has 0 atom stereocenters. The zero-order chi connectivity index (χ0) is 11.1. The number of nitrogens with zero attached hydrogens (tertiary/aromatic N) is 1. The van der Waals surface area contributed by atoms with E-state index in [2.05, 4.69) is 39.0 Å². The number of hydrogen-bond acceptors (Lipinski definition) is 1. The van der Waals surface area contributed by atoms with E-state index in [0.717, 1.165) is 25.1 Å². The van der Waals surface area contributed by atoms with Gasteiger partial charge in [-0.1, -0.05) is 32.0 Å². The van der Waals surface area contributed by atoms with Gasteiger partial charge in [-0.05, 0) is 29.9 Å². The van der Waals surface area contributed by atoms with Crippen LogP contribution < -0.4 is 4.90 Å². The maximum atomic E-state index is 11.0. The van der Waals surface area contributed by atoms with Gasteiger partial charge in [0.1, 0.15) is 0 Å². The van der Waals surface area contributed by atoms with Crippen LogP contribution in [0.1, 0.15) is 31.4 Å². The quantitative estimate of drug-likeness (QED) is 0.642. The predicted molar refractivity (Wildman–Crippen MR) is 62.2 cm³/mol. The molecular weight excluding hydrogens is 186 g/mol. The van der Waals surface area contributed by atoms with E-state index in [4.69, 9.17) is 0 Å². The molecule has 0 aromatic heterocycles. The van der Waals surface area contributed by atoms with Crippen LogP contribution in [-0.2, 0) is 10.2 Å². The highest BCUT2D eigenvalue weighted by Gasteiger charge is 2.31. The third kappa shape index (κ3) is 1.54. The molecule has 0 saturated carbocycles. The second-order valence-corrected chi connectivity index (χ2v) is 4.90. The molecule has 1 heterocycles. The van der Waals surface area contributed by atoms with Crippen molar-refractivity contribution < 1.29 is 4.79 Å². The van der Waals surface area contributed by atoms with Gasteiger partial charge in [0.25, 0.3) is 0 Å². The number of hydrogen-bond donors (Lipinski definition) is 0. The molecule has 1 amide bonds. The van der Waals surface area contributed by atoms with E-state index >= 15 is 0 Å². The molecule has 1 aromatic carbocycles. The van der Waals surface area contributed by atoms with Crippen molar-refractivity contribution in [2.75, 3.05) is 11.4 Å². The summed E-state index contributed by atoms with van der Waals surface area (Å²) < 4.78 is 0. The number of aryl methyl sites for hydroxylation is 1. The molecule has 2 heteroatoms. The van der Waals surface area contributed by atoms with Crippen molar-refractivity contribution in [1.82, 2.24) is 0 Å². The third-order valence-corrected chi connectivity index (χ3v) is 3.36. The Balaban J connectivity index is 2.63. The summed E-state index contributed by atoms with van der Waals surface area (Å²) in [6.07, 6.45) is 1.98. The number of para-hydroxylation sites is 1. The monoisotopic (exact) mass is 203 g/mol. The molecule has 1 aliphatic heterocycles. The lowest BCUT2D eigenvalue weighted by Gasteiger charge is -2.38. The minimum Gasteiger partial charge on any atom is -0.314 e. The van der Waals surface area contributed by atoms with Crippen molar-refractivity contribution >= 4 is 12.1 Å². The summed E-state index contributed by atoms with van der Waals surface area (Å²) in [6, 6.07) is 6.28. The van der Waals surface area contributed by atoms with Crippen LogP contribution in [0.15, 0.2) is 18.2 Å². The zero-order valence-electron chi connectivity index (χ0n) is 9.58. The number of rotatable bonds is 1. The first kappa shape index (κ1) is 10.2. The van der Waals surface area contributed by atoms with Gasteiger partial charge in [0, 0.05) is 12.2 Å². The molecule has 2 rings (SSSR count). The third-order valence-electron chi connectivity index (χ3n) is 3.36. The number of carbonyl (C=O) groups is 1. The van der Waals surface area contributed by atoms with E-state index in [9.17, 15) is 4.79 Å². The van der Waals surface area contributed by atoms with Gasteiger partial charge in [0.05, 0.1) is 0 Å². The first-order valence-electron chi connectivity index (χ1n) is 5.38. The molecule has 0 bridgehead atoms. The summed E-state index contributed by atoms with van der Waals surface area (Å²) in [4.78, 5) is 12.8. The van der Waals surface area contributed by atoms with Gasteiger partial charge < -0.3 is 4.90 Å². The maximum absolute atomic E-state index is 11.0. The van der Waals surface area contributed by atoms with Gasteiger partial charge in [0.15, 0.2) is 0 Å². The highest BCUT2D eigenvalue weighted by Crippen LogP contribution is 2.40. The van der Waals surface area contributed by atoms with Gasteiger partial charge in [-0.3, -0.25) is 4.79 Å². The van der Waals surface area contributed by atoms with Crippen molar-refractivity contribution in [1.29, 1.82) is 0 Å². The second kappa shape index (κ2) is 3.37. The van der Waals surface area contributed by atoms with Crippen molar-refractivity contribution in [2.24, 2.45) is 0 Å². The molecule has 0 radical (unpaired) electrons. The summed E-state index contributed by atoms with van der Waals surface area (Å²) in [5.41, 5.74) is 3.78. The molecule has 0 saturated heterocycles. The van der Waals surface area contributed by atoms with Crippen molar-refractivity contribution in [3.8, 4) is 0 Å². The van der Waals surface area contributed by atoms with Crippen LogP contribution in [0.4, 0.5) is 5.69 Å². The van der Waals surface area contributed by atoms with Crippen LogP contribution in [-0.4, -0.2) is 13.0 Å². The van der Waals surface area contributed by atoms with Crippen molar-refractivity contribution in [2.45, 2.75) is 32.6 Å². The van der Waals surface area contributed by atoms with Crippen molar-refractivity contribution in [3.05, 3.63) is 29.3 Å². The average Bonchev–Trinajstić information content (AvgIpc) is 2.19. The Morgan fingerprint density at radius 2 is 2.13 bits per heavy atom. The number of anilines is 1. The fourth-order valence-corrected chi connectivity index (χ4v) is 2.34. The lowest BCUT2D eigenvalue weighted by atomic mass is 9.77. The Morgan fingerprint density at radius 1 is 1.40 bits per heavy atom. The van der Waals surface area contributed by atoms with Crippen molar-refractivity contribution in [3.63, 3.8) is 0 Å². The standard InChI is InChI=1S/C13H17NO/c1-10-5-4-6-11-12(10)14(9-15)8-7-13(11,2)3/h4-6,9H,7-8H2,1-3H3. The zero-order valence-corrected chi connectivity index (χ0v) is 9.58. The first-order chi connectivity index (χ1) is 7.06. The summed E-state index contributed by atoms with van der Waals surface area (Å²) >= 11 is 0. The van der Waals surface area contributed by atoms with E-state index in [1.807, 2.05) is 4.90 Å². The van der Waals surface area contributed by atoms with E-state index in [0.29, 0.717) is 0 Å². The SMILES string of the molecule is Cc1cccc2c1N(C=O)CCC2(C)C. The second-order valence-electron chi connectivity index (χ2n) is 4.90. The van der Waals surface area contributed by atoms with Gasteiger partial charge in [-0.25, -0.2) is 0 Å². The average molecular weight is 203 g/mol. The van der Waals surface area contributed by atoms with Gasteiger partial charge in [-0.15, -0.1) is 0 Å². The Hall–Kier alpha value is -1.31. The number of carbonyl (C=O) groups excluding carboxylic acids is 1. The lowest BCUT2D eigenvalue weighted by molar-refractivity contribution is -0.107. The van der Waals surface area contributed by atoms with Crippen LogP contribution in [0.5, 0.6) is 0 Å². The van der Waals surface area contributed by atoms with Crippen LogP contribution in [0.25, 0.3) is 0 Å². The summed E-state index contributed by atoms with van der Waals surface area (Å²) in [5.74, 6) is 0. The van der Waals surface area contributed by atoms with E-state index in [1.165, 1.54) is 11.1 Å². The Labute approximate surface area is 90.9 Å². The number of fused-ring (bicyclic) bond motifs is 1. The largest absolute Gasteiger partial charge is 0.314 e. The summed E-state index contributed by atoms with van der Waals surface area (Å²) in [6.45, 7) is 7.38. The minimum atomic E-state index is 0.181. The van der Waals surface area contributed by atoms with Gasteiger partial charge >= 0.3 is 0 Å². The molecule has 0 unspecified atom stereocenters. The molecule has 15 heavy (non-hydrogen) atoms. The maximum Gasteiger partial charge on any atom is 0.214 e. The Bertz CT molecular complexity index is 396. The number of benzene rings is 1. The molecule has 1 aromatic rings. The fraction of sp³-hybridized carbons (Fsp3) is 0.462. The highest BCUT2D eigenvalue weighted by molar-refractivity contribution is 5.81. The molecule has 1 aliphatic rings. The molecule has 0 fully saturated rings. The number of amides is 1. The molecule has 0 aliphatic carbocycles. The summed E-state index contributed by atoms with van der Waals surface area (Å²) in [5, 5.41) is 0. The first-order valence-corrected chi connectivity index (χ1v) is 5.38. The van der Waals surface area contributed by atoms with E-state index in [-0.39, 0.29) is 5.41 Å². The highest BCUT2D eigenvalue weighted by atomic mass is 16.1.